The van der Waals surface area contributed by atoms with Gasteiger partial charge in [0.05, 0.1) is 11.7 Å². The lowest BCUT2D eigenvalue weighted by atomic mass is 10.1. The SMILES string of the molecule is CCC(CC(C)O)OC(=O)c1ccc(I)cc1. The fraction of sp³-hybridized carbons (Fsp3) is 0.462. The van der Waals surface area contributed by atoms with Gasteiger partial charge in [0.15, 0.2) is 0 Å². The van der Waals surface area contributed by atoms with Crippen LogP contribution in [0.4, 0.5) is 0 Å². The standard InChI is InChI=1S/C13H17IO3/c1-3-12(8-9(2)15)17-13(16)10-4-6-11(14)7-5-10/h4-7,9,12,15H,3,8H2,1-2H3. The van der Waals surface area contributed by atoms with Crippen molar-refractivity contribution in [3.8, 4) is 0 Å². The van der Waals surface area contributed by atoms with Gasteiger partial charge in [0.2, 0.25) is 0 Å². The third kappa shape index (κ3) is 5.04. The number of esters is 1. The highest BCUT2D eigenvalue weighted by Gasteiger charge is 2.16. The first-order valence-electron chi connectivity index (χ1n) is 5.67. The van der Waals surface area contributed by atoms with Crippen molar-refractivity contribution in [3.05, 3.63) is 33.4 Å². The number of aliphatic hydroxyl groups excluding tert-OH is 1. The molecule has 4 heteroatoms. The summed E-state index contributed by atoms with van der Waals surface area (Å²) in [5, 5.41) is 9.28. The number of rotatable bonds is 5. The third-order valence-electron chi connectivity index (χ3n) is 2.41. The van der Waals surface area contributed by atoms with Gasteiger partial charge < -0.3 is 9.84 Å². The second-order valence-electron chi connectivity index (χ2n) is 4.03. The average molecular weight is 348 g/mol. The second kappa shape index (κ2) is 6.96. The van der Waals surface area contributed by atoms with Crippen molar-refractivity contribution in [2.45, 2.75) is 38.9 Å². The molecular weight excluding hydrogens is 331 g/mol. The summed E-state index contributed by atoms with van der Waals surface area (Å²) in [5.74, 6) is -0.325. The third-order valence-corrected chi connectivity index (χ3v) is 3.13. The Morgan fingerprint density at radius 1 is 1.41 bits per heavy atom. The van der Waals surface area contributed by atoms with E-state index in [1.165, 1.54) is 0 Å². The molecule has 0 spiro atoms. The first-order chi connectivity index (χ1) is 8.02. The van der Waals surface area contributed by atoms with Gasteiger partial charge in [-0.3, -0.25) is 0 Å². The van der Waals surface area contributed by atoms with Gasteiger partial charge in [-0.25, -0.2) is 4.79 Å². The molecule has 0 saturated carbocycles. The predicted octanol–water partition coefficient (Wildman–Crippen LogP) is 3.00. The molecule has 17 heavy (non-hydrogen) atoms. The highest BCUT2D eigenvalue weighted by molar-refractivity contribution is 14.1. The van der Waals surface area contributed by atoms with Crippen LogP contribution in [0.1, 0.15) is 37.0 Å². The van der Waals surface area contributed by atoms with Crippen LogP contribution in [0.2, 0.25) is 0 Å². The second-order valence-corrected chi connectivity index (χ2v) is 5.27. The lowest BCUT2D eigenvalue weighted by Gasteiger charge is -2.17. The van der Waals surface area contributed by atoms with Gasteiger partial charge in [0.25, 0.3) is 0 Å². The monoisotopic (exact) mass is 348 g/mol. The van der Waals surface area contributed by atoms with Crippen LogP contribution in [0.15, 0.2) is 24.3 Å². The number of hydrogen-bond donors (Lipinski definition) is 1. The molecule has 1 N–H and O–H groups in total. The Morgan fingerprint density at radius 3 is 2.47 bits per heavy atom. The Morgan fingerprint density at radius 2 is 2.00 bits per heavy atom. The molecule has 0 fully saturated rings. The predicted molar refractivity (Wildman–Crippen MR) is 75.0 cm³/mol. The van der Waals surface area contributed by atoms with E-state index in [4.69, 9.17) is 4.74 Å². The fourth-order valence-electron chi connectivity index (χ4n) is 1.48. The molecule has 0 heterocycles. The van der Waals surface area contributed by atoms with Gasteiger partial charge in [-0.2, -0.15) is 0 Å². The van der Waals surface area contributed by atoms with Gasteiger partial charge in [0.1, 0.15) is 6.10 Å². The minimum absolute atomic E-state index is 0.221. The van der Waals surface area contributed by atoms with E-state index in [0.717, 1.165) is 3.57 Å². The van der Waals surface area contributed by atoms with Crippen LogP contribution in [0.25, 0.3) is 0 Å². The number of halogens is 1. The van der Waals surface area contributed by atoms with E-state index in [1.54, 1.807) is 19.1 Å². The normalized spacial score (nSPS) is 14.1. The van der Waals surface area contributed by atoms with Crippen molar-refractivity contribution in [2.24, 2.45) is 0 Å². The Labute approximate surface area is 115 Å². The van der Waals surface area contributed by atoms with Crippen molar-refractivity contribution < 1.29 is 14.6 Å². The van der Waals surface area contributed by atoms with Crippen LogP contribution in [0, 0.1) is 3.57 Å². The average Bonchev–Trinajstić information content (AvgIpc) is 2.28. The van der Waals surface area contributed by atoms with Gasteiger partial charge in [-0.15, -0.1) is 0 Å². The van der Waals surface area contributed by atoms with Crippen LogP contribution in [0.3, 0.4) is 0 Å². The van der Waals surface area contributed by atoms with Gasteiger partial charge >= 0.3 is 5.97 Å². The number of carbonyl (C=O) groups excluding carboxylic acids is 1. The van der Waals surface area contributed by atoms with Crippen molar-refractivity contribution in [3.63, 3.8) is 0 Å². The lowest BCUT2D eigenvalue weighted by molar-refractivity contribution is 0.0159. The number of carbonyl (C=O) groups is 1. The van der Waals surface area contributed by atoms with E-state index in [9.17, 15) is 9.90 Å². The zero-order valence-corrected chi connectivity index (χ0v) is 12.2. The first kappa shape index (κ1) is 14.4. The molecule has 0 aliphatic carbocycles. The molecule has 0 saturated heterocycles. The highest BCUT2D eigenvalue weighted by Crippen LogP contribution is 2.12. The Balaban J connectivity index is 2.61. The van der Waals surface area contributed by atoms with Crippen LogP contribution in [0.5, 0.6) is 0 Å². The van der Waals surface area contributed by atoms with Crippen molar-refractivity contribution in [1.82, 2.24) is 0 Å². The van der Waals surface area contributed by atoms with Crippen molar-refractivity contribution in [1.29, 1.82) is 0 Å². The summed E-state index contributed by atoms with van der Waals surface area (Å²) in [6, 6.07) is 7.23. The van der Waals surface area contributed by atoms with E-state index >= 15 is 0 Å². The number of ether oxygens (including phenoxy) is 1. The molecule has 0 aliphatic heterocycles. The molecule has 0 aliphatic rings. The minimum Gasteiger partial charge on any atom is -0.459 e. The molecule has 1 rings (SSSR count). The van der Waals surface area contributed by atoms with Crippen LogP contribution in [-0.4, -0.2) is 23.3 Å². The molecule has 3 nitrogen and oxygen atoms in total. The highest BCUT2D eigenvalue weighted by atomic mass is 127. The van der Waals surface area contributed by atoms with E-state index < -0.39 is 6.10 Å². The summed E-state index contributed by atoms with van der Waals surface area (Å²) >= 11 is 2.18. The molecule has 0 aromatic heterocycles. The molecular formula is C13H17IO3. The van der Waals surface area contributed by atoms with Crippen molar-refractivity contribution >= 4 is 28.6 Å². The number of benzene rings is 1. The largest absolute Gasteiger partial charge is 0.459 e. The number of aliphatic hydroxyl groups is 1. The number of hydrogen-bond acceptors (Lipinski definition) is 3. The Kier molecular flexibility index (Phi) is 5.91. The fourth-order valence-corrected chi connectivity index (χ4v) is 1.84. The lowest BCUT2D eigenvalue weighted by Crippen LogP contribution is -2.22. The summed E-state index contributed by atoms with van der Waals surface area (Å²) in [6.07, 6.45) is 0.513. The Hall–Kier alpha value is -0.620. The van der Waals surface area contributed by atoms with E-state index in [0.29, 0.717) is 18.4 Å². The quantitative estimate of drug-likeness (QED) is 0.657. The van der Waals surface area contributed by atoms with Crippen molar-refractivity contribution in [2.75, 3.05) is 0 Å². The molecule has 0 amide bonds. The summed E-state index contributed by atoms with van der Waals surface area (Å²) in [7, 11) is 0. The minimum atomic E-state index is -0.454. The van der Waals surface area contributed by atoms with E-state index in [1.807, 2.05) is 19.1 Å². The van der Waals surface area contributed by atoms with Gasteiger partial charge in [0, 0.05) is 9.99 Å². The topological polar surface area (TPSA) is 46.5 Å². The molecule has 0 bridgehead atoms. The summed E-state index contributed by atoms with van der Waals surface area (Å²) in [5.41, 5.74) is 0.550. The van der Waals surface area contributed by atoms with E-state index in [-0.39, 0.29) is 12.1 Å². The molecule has 1 aromatic carbocycles. The summed E-state index contributed by atoms with van der Waals surface area (Å²) < 4.78 is 6.41. The maximum atomic E-state index is 11.8. The first-order valence-corrected chi connectivity index (χ1v) is 6.75. The maximum Gasteiger partial charge on any atom is 0.338 e. The molecule has 0 radical (unpaired) electrons. The Bertz CT molecular complexity index is 359. The zero-order chi connectivity index (χ0) is 12.8. The smallest absolute Gasteiger partial charge is 0.338 e. The molecule has 2 atom stereocenters. The van der Waals surface area contributed by atoms with Crippen LogP contribution < -0.4 is 0 Å². The summed E-state index contributed by atoms with van der Waals surface area (Å²) in [4.78, 5) is 11.8. The molecule has 1 aromatic rings. The van der Waals surface area contributed by atoms with E-state index in [2.05, 4.69) is 22.6 Å². The van der Waals surface area contributed by atoms with Crippen LogP contribution >= 0.6 is 22.6 Å². The maximum absolute atomic E-state index is 11.8. The molecule has 2 unspecified atom stereocenters. The van der Waals surface area contributed by atoms with Gasteiger partial charge in [-0.05, 0) is 60.2 Å². The summed E-state index contributed by atoms with van der Waals surface area (Å²) in [6.45, 7) is 3.63. The zero-order valence-electron chi connectivity index (χ0n) is 10.0. The van der Waals surface area contributed by atoms with Gasteiger partial charge in [-0.1, -0.05) is 6.92 Å². The molecule has 94 valence electrons. The van der Waals surface area contributed by atoms with Crippen LogP contribution in [-0.2, 0) is 4.74 Å².